The molecule has 3 nitrogen and oxygen atoms in total. The van der Waals surface area contributed by atoms with E-state index in [9.17, 15) is 5.11 Å². The zero-order valence-corrected chi connectivity index (χ0v) is 9.40. The summed E-state index contributed by atoms with van der Waals surface area (Å²) in [4.78, 5) is 4.09. The maximum absolute atomic E-state index is 9.74. The zero-order chi connectivity index (χ0) is 10.8. The first kappa shape index (κ1) is 9.98. The highest BCUT2D eigenvalue weighted by atomic mass is 79.9. The molecule has 1 aromatic carbocycles. The molecule has 0 radical (unpaired) electrons. The molecule has 0 saturated heterocycles. The van der Waals surface area contributed by atoms with Crippen LogP contribution >= 0.6 is 15.9 Å². The second-order valence-electron chi connectivity index (χ2n) is 3.12. The topological polar surface area (TPSA) is 59.1 Å². The summed E-state index contributed by atoms with van der Waals surface area (Å²) < 4.78 is 0.699. The Morgan fingerprint density at radius 3 is 2.67 bits per heavy atom. The van der Waals surface area contributed by atoms with Crippen LogP contribution < -0.4 is 5.73 Å². The average molecular weight is 265 g/mol. The van der Waals surface area contributed by atoms with Gasteiger partial charge in [-0.3, -0.25) is 0 Å². The zero-order valence-electron chi connectivity index (χ0n) is 7.81. The summed E-state index contributed by atoms with van der Waals surface area (Å²) in [6.07, 6.45) is 1.68. The number of nitrogen functional groups attached to an aromatic ring is 1. The van der Waals surface area contributed by atoms with Crippen LogP contribution in [-0.2, 0) is 0 Å². The lowest BCUT2D eigenvalue weighted by Crippen LogP contribution is -1.87. The Hall–Kier alpha value is -1.55. The fourth-order valence-electron chi connectivity index (χ4n) is 1.36. The van der Waals surface area contributed by atoms with E-state index < -0.39 is 0 Å². The molecule has 1 heterocycles. The molecule has 2 rings (SSSR count). The molecule has 0 aliphatic rings. The number of nitrogens with zero attached hydrogens (tertiary/aromatic N) is 1. The number of phenolic OH excluding ortho intramolecular Hbond substituents is 1. The number of hydrogen-bond donors (Lipinski definition) is 2. The van der Waals surface area contributed by atoms with Crippen LogP contribution in [0.1, 0.15) is 0 Å². The third-order valence-corrected chi connectivity index (χ3v) is 2.70. The SMILES string of the molecule is Nc1ccc(-c2cccnc2Br)c(O)c1. The molecule has 2 aromatic rings. The highest BCUT2D eigenvalue weighted by Crippen LogP contribution is 2.34. The third-order valence-electron chi connectivity index (χ3n) is 2.07. The summed E-state index contributed by atoms with van der Waals surface area (Å²) in [7, 11) is 0. The van der Waals surface area contributed by atoms with Crippen molar-refractivity contribution in [3.05, 3.63) is 41.1 Å². The van der Waals surface area contributed by atoms with Crippen molar-refractivity contribution in [1.29, 1.82) is 0 Å². The van der Waals surface area contributed by atoms with E-state index in [4.69, 9.17) is 5.73 Å². The number of nitrogens with two attached hydrogens (primary N) is 1. The van der Waals surface area contributed by atoms with Crippen LogP contribution in [0.3, 0.4) is 0 Å². The largest absolute Gasteiger partial charge is 0.507 e. The number of benzene rings is 1. The lowest BCUT2D eigenvalue weighted by atomic mass is 10.1. The van der Waals surface area contributed by atoms with Crippen molar-refractivity contribution in [3.63, 3.8) is 0 Å². The van der Waals surface area contributed by atoms with Crippen molar-refractivity contribution in [2.75, 3.05) is 5.73 Å². The van der Waals surface area contributed by atoms with E-state index >= 15 is 0 Å². The predicted molar refractivity (Wildman–Crippen MR) is 63.5 cm³/mol. The van der Waals surface area contributed by atoms with Crippen LogP contribution in [0.15, 0.2) is 41.1 Å². The highest BCUT2D eigenvalue weighted by Gasteiger charge is 2.07. The van der Waals surface area contributed by atoms with Gasteiger partial charge in [0.25, 0.3) is 0 Å². The molecule has 0 saturated carbocycles. The minimum atomic E-state index is 0.156. The van der Waals surface area contributed by atoms with Crippen LogP contribution in [0.4, 0.5) is 5.69 Å². The molecule has 15 heavy (non-hydrogen) atoms. The lowest BCUT2D eigenvalue weighted by Gasteiger charge is -2.06. The smallest absolute Gasteiger partial charge is 0.125 e. The van der Waals surface area contributed by atoms with Crippen molar-refractivity contribution >= 4 is 21.6 Å². The second-order valence-corrected chi connectivity index (χ2v) is 3.87. The first-order valence-corrected chi connectivity index (χ1v) is 5.17. The van der Waals surface area contributed by atoms with Gasteiger partial charge in [0, 0.05) is 29.1 Å². The number of aromatic nitrogens is 1. The van der Waals surface area contributed by atoms with Gasteiger partial charge < -0.3 is 10.8 Å². The average Bonchev–Trinajstić information content (AvgIpc) is 2.20. The fourth-order valence-corrected chi connectivity index (χ4v) is 1.83. The van der Waals surface area contributed by atoms with Crippen molar-refractivity contribution in [3.8, 4) is 16.9 Å². The summed E-state index contributed by atoms with van der Waals surface area (Å²) in [5, 5.41) is 9.74. The van der Waals surface area contributed by atoms with Gasteiger partial charge in [-0.05, 0) is 40.2 Å². The molecule has 4 heteroatoms. The van der Waals surface area contributed by atoms with Gasteiger partial charge in [-0.1, -0.05) is 0 Å². The van der Waals surface area contributed by atoms with Crippen molar-refractivity contribution < 1.29 is 5.11 Å². The van der Waals surface area contributed by atoms with E-state index in [1.54, 1.807) is 18.3 Å². The number of pyridine rings is 1. The maximum atomic E-state index is 9.74. The van der Waals surface area contributed by atoms with Gasteiger partial charge in [0.1, 0.15) is 10.4 Å². The molecule has 0 aliphatic heterocycles. The second kappa shape index (κ2) is 3.90. The van der Waals surface area contributed by atoms with Gasteiger partial charge in [-0.15, -0.1) is 0 Å². The molecule has 76 valence electrons. The first-order chi connectivity index (χ1) is 7.18. The highest BCUT2D eigenvalue weighted by molar-refractivity contribution is 9.10. The van der Waals surface area contributed by atoms with E-state index in [2.05, 4.69) is 20.9 Å². The van der Waals surface area contributed by atoms with Crippen LogP contribution in [-0.4, -0.2) is 10.1 Å². The lowest BCUT2D eigenvalue weighted by molar-refractivity contribution is 0.477. The van der Waals surface area contributed by atoms with Gasteiger partial charge in [0.05, 0.1) is 0 Å². The van der Waals surface area contributed by atoms with Crippen molar-refractivity contribution in [2.45, 2.75) is 0 Å². The predicted octanol–water partition coefficient (Wildman–Crippen LogP) is 2.80. The Morgan fingerprint density at radius 1 is 1.20 bits per heavy atom. The number of halogens is 1. The summed E-state index contributed by atoms with van der Waals surface area (Å²) in [6.45, 7) is 0. The summed E-state index contributed by atoms with van der Waals surface area (Å²) in [5.74, 6) is 0.156. The Labute approximate surface area is 95.7 Å². The summed E-state index contributed by atoms with van der Waals surface area (Å²) in [6, 6.07) is 8.73. The molecule has 1 aromatic heterocycles. The van der Waals surface area contributed by atoms with Gasteiger partial charge in [-0.25, -0.2) is 4.98 Å². The van der Waals surface area contributed by atoms with Crippen LogP contribution in [0.25, 0.3) is 11.1 Å². The number of anilines is 1. The molecular weight excluding hydrogens is 256 g/mol. The van der Waals surface area contributed by atoms with Crippen LogP contribution in [0.5, 0.6) is 5.75 Å². The number of phenols is 1. The monoisotopic (exact) mass is 264 g/mol. The number of rotatable bonds is 1. The molecule has 0 aliphatic carbocycles. The van der Waals surface area contributed by atoms with Gasteiger partial charge in [0.15, 0.2) is 0 Å². The summed E-state index contributed by atoms with van der Waals surface area (Å²) in [5.41, 5.74) is 7.65. The fraction of sp³-hybridized carbons (Fsp3) is 0. The van der Waals surface area contributed by atoms with E-state index in [-0.39, 0.29) is 5.75 Å². The molecule has 3 N–H and O–H groups in total. The minimum absolute atomic E-state index is 0.156. The molecule has 0 fully saturated rings. The van der Waals surface area contributed by atoms with Gasteiger partial charge in [0.2, 0.25) is 0 Å². The van der Waals surface area contributed by atoms with Gasteiger partial charge >= 0.3 is 0 Å². The third kappa shape index (κ3) is 1.94. The molecular formula is C11H9BrN2O. The normalized spacial score (nSPS) is 10.2. The molecule has 0 bridgehead atoms. The molecule has 0 unspecified atom stereocenters. The minimum Gasteiger partial charge on any atom is -0.507 e. The number of hydrogen-bond acceptors (Lipinski definition) is 3. The van der Waals surface area contributed by atoms with Gasteiger partial charge in [-0.2, -0.15) is 0 Å². The van der Waals surface area contributed by atoms with Crippen molar-refractivity contribution in [2.24, 2.45) is 0 Å². The standard InChI is InChI=1S/C11H9BrN2O/c12-11-9(2-1-5-14-11)8-4-3-7(13)6-10(8)15/h1-6,15H,13H2. The Morgan fingerprint density at radius 2 is 2.00 bits per heavy atom. The maximum Gasteiger partial charge on any atom is 0.125 e. The van der Waals surface area contributed by atoms with E-state index in [1.165, 1.54) is 6.07 Å². The van der Waals surface area contributed by atoms with Crippen LogP contribution in [0, 0.1) is 0 Å². The molecule has 0 atom stereocenters. The molecule has 0 spiro atoms. The molecule has 0 amide bonds. The quantitative estimate of drug-likeness (QED) is 0.615. The van der Waals surface area contributed by atoms with E-state index in [0.29, 0.717) is 15.9 Å². The first-order valence-electron chi connectivity index (χ1n) is 4.38. The number of aromatic hydroxyl groups is 1. The van der Waals surface area contributed by atoms with E-state index in [1.807, 2.05) is 12.1 Å². The van der Waals surface area contributed by atoms with Crippen LogP contribution in [0.2, 0.25) is 0 Å². The Balaban J connectivity index is 2.60. The Bertz CT molecular complexity index is 500. The Kier molecular flexibility index (Phi) is 2.60. The van der Waals surface area contributed by atoms with E-state index in [0.717, 1.165) is 5.56 Å². The van der Waals surface area contributed by atoms with Crippen molar-refractivity contribution in [1.82, 2.24) is 4.98 Å². The summed E-state index contributed by atoms with van der Waals surface area (Å²) >= 11 is 3.33.